The second-order valence-electron chi connectivity index (χ2n) is 5.38. The Hall–Kier alpha value is -2.06. The predicted molar refractivity (Wildman–Crippen MR) is 92.9 cm³/mol. The summed E-state index contributed by atoms with van der Waals surface area (Å²) in [6.07, 6.45) is 2.26. The van der Waals surface area contributed by atoms with Crippen LogP contribution in [0.4, 0.5) is 5.95 Å². The van der Waals surface area contributed by atoms with Crippen LogP contribution < -0.4 is 21.0 Å². The van der Waals surface area contributed by atoms with Crippen molar-refractivity contribution in [2.75, 3.05) is 19.4 Å². The zero-order valence-electron chi connectivity index (χ0n) is 13.7. The Kier molecular flexibility index (Phi) is 5.93. The summed E-state index contributed by atoms with van der Waals surface area (Å²) in [6, 6.07) is 9.45. The Labute approximate surface area is 146 Å². The van der Waals surface area contributed by atoms with E-state index >= 15 is 0 Å². The lowest BCUT2D eigenvalue weighted by atomic mass is 10.2. The first-order valence-electron chi connectivity index (χ1n) is 7.85. The summed E-state index contributed by atoms with van der Waals surface area (Å²) < 4.78 is 18.7. The number of nitrogens with zero attached hydrogens (tertiary/aromatic N) is 3. The van der Waals surface area contributed by atoms with E-state index in [4.69, 9.17) is 19.5 Å². The number of aromatic nitrogens is 3. The Morgan fingerprint density at radius 1 is 1.40 bits per heavy atom. The van der Waals surface area contributed by atoms with Gasteiger partial charge in [0.1, 0.15) is 18.3 Å². The Morgan fingerprint density at radius 3 is 2.92 bits per heavy atom. The largest absolute Gasteiger partial charge is 0.436 e. The minimum Gasteiger partial charge on any atom is -0.436 e. The lowest BCUT2D eigenvalue weighted by molar-refractivity contribution is -0.0202. The Bertz CT molecular complexity index is 744. The third-order valence-electron chi connectivity index (χ3n) is 3.63. The molecule has 25 heavy (non-hydrogen) atoms. The monoisotopic (exact) mass is 365 g/mol. The molecule has 2 aromatic rings. The Balaban J connectivity index is 1.51. The predicted octanol–water partition coefficient (Wildman–Crippen LogP) is 1.44. The van der Waals surface area contributed by atoms with Crippen LogP contribution in [-0.4, -0.2) is 34.3 Å². The van der Waals surface area contributed by atoms with Gasteiger partial charge in [0.05, 0.1) is 12.7 Å². The highest BCUT2D eigenvalue weighted by molar-refractivity contribution is 7.45. The quantitative estimate of drug-likeness (QED) is 0.709. The maximum atomic E-state index is 11.8. The van der Waals surface area contributed by atoms with E-state index in [1.54, 1.807) is 7.05 Å². The van der Waals surface area contributed by atoms with Gasteiger partial charge in [-0.05, 0) is 32.0 Å². The fraction of sp³-hybridized carbons (Fsp3) is 0.400. The SMILES string of the molecule is CNP(OCC1CCC(n2cnc(N)nc2=O)O1)Oc1ccccc1. The summed E-state index contributed by atoms with van der Waals surface area (Å²) in [6.45, 7) is 0.362. The van der Waals surface area contributed by atoms with Crippen molar-refractivity contribution in [1.29, 1.82) is 0 Å². The van der Waals surface area contributed by atoms with E-state index in [9.17, 15) is 4.79 Å². The summed E-state index contributed by atoms with van der Waals surface area (Å²) in [4.78, 5) is 19.3. The lowest BCUT2D eigenvalue weighted by Gasteiger charge is -2.19. The van der Waals surface area contributed by atoms with Crippen LogP contribution in [0.15, 0.2) is 41.5 Å². The highest BCUT2D eigenvalue weighted by Crippen LogP contribution is 2.36. The molecule has 1 fully saturated rings. The summed E-state index contributed by atoms with van der Waals surface area (Å²) >= 11 is 0. The fourth-order valence-electron chi connectivity index (χ4n) is 2.43. The van der Waals surface area contributed by atoms with Gasteiger partial charge in [0.2, 0.25) is 5.95 Å². The molecule has 3 rings (SSSR count). The summed E-state index contributed by atoms with van der Waals surface area (Å²) in [5.74, 6) is 0.690. The van der Waals surface area contributed by atoms with Crippen molar-refractivity contribution in [3.05, 3.63) is 47.1 Å². The van der Waals surface area contributed by atoms with Crippen molar-refractivity contribution >= 4 is 14.5 Å². The molecule has 2 heterocycles. The van der Waals surface area contributed by atoms with E-state index in [0.29, 0.717) is 13.0 Å². The molecule has 0 amide bonds. The van der Waals surface area contributed by atoms with Gasteiger partial charge < -0.3 is 19.5 Å². The minimum absolute atomic E-state index is 0.0446. The van der Waals surface area contributed by atoms with Crippen molar-refractivity contribution in [3.63, 3.8) is 0 Å². The number of hydrogen-bond donors (Lipinski definition) is 2. The third-order valence-corrected chi connectivity index (χ3v) is 4.76. The number of hydrogen-bond acceptors (Lipinski definition) is 8. The number of benzene rings is 1. The van der Waals surface area contributed by atoms with E-state index < -0.39 is 20.4 Å². The first-order valence-corrected chi connectivity index (χ1v) is 9.03. The molecule has 0 spiro atoms. The fourth-order valence-corrected chi connectivity index (χ4v) is 3.32. The molecule has 1 aliphatic rings. The smallest absolute Gasteiger partial charge is 0.354 e. The highest BCUT2D eigenvalue weighted by Gasteiger charge is 2.29. The number of nitrogens with two attached hydrogens (primary N) is 1. The molecule has 3 unspecified atom stereocenters. The molecular formula is C15H20N5O4P. The van der Waals surface area contributed by atoms with E-state index in [1.165, 1.54) is 10.9 Å². The molecule has 0 bridgehead atoms. The molecule has 0 aliphatic carbocycles. The van der Waals surface area contributed by atoms with Gasteiger partial charge in [-0.25, -0.2) is 14.9 Å². The molecule has 9 nitrogen and oxygen atoms in total. The van der Waals surface area contributed by atoms with E-state index in [2.05, 4.69) is 15.1 Å². The van der Waals surface area contributed by atoms with E-state index in [0.717, 1.165) is 12.2 Å². The van der Waals surface area contributed by atoms with Crippen molar-refractivity contribution in [2.45, 2.75) is 25.2 Å². The standard InChI is InChI=1S/C15H20N5O4P/c1-17-25(24-11-5-3-2-4-6-11)22-9-12-7-8-13(23-12)20-10-18-14(16)19-15(20)21/h2-6,10,12-13,17H,7-9H2,1H3,(H2,16,19,21). The molecule has 1 saturated heterocycles. The van der Waals surface area contributed by atoms with Gasteiger partial charge in [-0.3, -0.25) is 4.57 Å². The van der Waals surface area contributed by atoms with Crippen LogP contribution in [0.5, 0.6) is 5.75 Å². The average molecular weight is 365 g/mol. The van der Waals surface area contributed by atoms with Gasteiger partial charge in [0, 0.05) is 0 Å². The van der Waals surface area contributed by atoms with Crippen molar-refractivity contribution in [1.82, 2.24) is 19.6 Å². The van der Waals surface area contributed by atoms with E-state index in [1.807, 2.05) is 30.3 Å². The minimum atomic E-state index is -1.27. The number of ether oxygens (including phenoxy) is 1. The maximum absolute atomic E-state index is 11.8. The van der Waals surface area contributed by atoms with Gasteiger partial charge in [0.15, 0.2) is 0 Å². The van der Waals surface area contributed by atoms with Crippen LogP contribution in [0.3, 0.4) is 0 Å². The zero-order chi connectivity index (χ0) is 17.6. The van der Waals surface area contributed by atoms with Crippen LogP contribution in [-0.2, 0) is 9.26 Å². The number of anilines is 1. The molecular weight excluding hydrogens is 345 g/mol. The molecule has 1 aromatic heterocycles. The van der Waals surface area contributed by atoms with Gasteiger partial charge in [-0.2, -0.15) is 4.98 Å². The Morgan fingerprint density at radius 2 is 2.20 bits per heavy atom. The maximum Gasteiger partial charge on any atom is 0.354 e. The normalized spacial score (nSPS) is 21.2. The highest BCUT2D eigenvalue weighted by atomic mass is 31.2. The first kappa shape index (κ1) is 17.8. The van der Waals surface area contributed by atoms with Gasteiger partial charge in [-0.1, -0.05) is 18.2 Å². The van der Waals surface area contributed by atoms with Crippen LogP contribution in [0.2, 0.25) is 0 Å². The molecule has 3 atom stereocenters. The molecule has 10 heteroatoms. The topological polar surface area (TPSA) is 114 Å². The summed E-state index contributed by atoms with van der Waals surface area (Å²) in [5.41, 5.74) is 4.93. The summed E-state index contributed by atoms with van der Waals surface area (Å²) in [5, 5.41) is 3.01. The molecule has 1 aromatic carbocycles. The van der Waals surface area contributed by atoms with Crippen molar-refractivity contribution in [2.24, 2.45) is 0 Å². The van der Waals surface area contributed by atoms with Crippen LogP contribution in [0, 0.1) is 0 Å². The van der Waals surface area contributed by atoms with Gasteiger partial charge in [0.25, 0.3) is 0 Å². The van der Waals surface area contributed by atoms with Crippen molar-refractivity contribution in [3.8, 4) is 5.75 Å². The molecule has 1 aliphatic heterocycles. The second kappa shape index (κ2) is 8.35. The number of rotatable bonds is 7. The van der Waals surface area contributed by atoms with Crippen LogP contribution in [0.25, 0.3) is 0 Å². The number of nitrogens with one attached hydrogen (secondary N) is 1. The molecule has 134 valence electrons. The zero-order valence-corrected chi connectivity index (χ0v) is 14.6. The molecule has 3 N–H and O–H groups in total. The second-order valence-corrected chi connectivity index (χ2v) is 6.78. The van der Waals surface area contributed by atoms with Crippen LogP contribution in [0.1, 0.15) is 19.1 Å². The van der Waals surface area contributed by atoms with E-state index in [-0.39, 0.29) is 12.1 Å². The average Bonchev–Trinajstić information content (AvgIpc) is 3.08. The molecule has 0 radical (unpaired) electrons. The van der Waals surface area contributed by atoms with Gasteiger partial charge in [-0.15, -0.1) is 0 Å². The summed E-state index contributed by atoms with van der Waals surface area (Å²) in [7, 11) is 0.506. The molecule has 0 saturated carbocycles. The first-order chi connectivity index (χ1) is 12.2. The number of nitrogen functional groups attached to an aromatic ring is 1. The van der Waals surface area contributed by atoms with Crippen LogP contribution >= 0.6 is 8.53 Å². The number of para-hydroxylation sites is 1. The van der Waals surface area contributed by atoms with Gasteiger partial charge >= 0.3 is 14.2 Å². The lowest BCUT2D eigenvalue weighted by Crippen LogP contribution is -2.29. The third kappa shape index (κ3) is 4.73. The van der Waals surface area contributed by atoms with Crippen molar-refractivity contribution < 1.29 is 13.8 Å².